The number of nitrogens with one attached hydrogen (secondary N) is 1. The Hall–Kier alpha value is -3.40. The predicted molar refractivity (Wildman–Crippen MR) is 136 cm³/mol. The molecular weight excluding hydrogens is 507 g/mol. The minimum Gasteiger partial charge on any atom is -0.348 e. The van der Waals surface area contributed by atoms with E-state index in [-0.39, 0.29) is 41.6 Å². The summed E-state index contributed by atoms with van der Waals surface area (Å²) in [6.07, 6.45) is 1.72. The summed E-state index contributed by atoms with van der Waals surface area (Å²) >= 11 is 6.01. The molecule has 11 heteroatoms. The van der Waals surface area contributed by atoms with Gasteiger partial charge in [-0.2, -0.15) is 13.2 Å². The number of β-lactam (4-membered cyclic amide) rings is 1. The van der Waals surface area contributed by atoms with Gasteiger partial charge in [0.2, 0.25) is 11.8 Å². The van der Waals surface area contributed by atoms with Gasteiger partial charge in [0, 0.05) is 45.5 Å². The third kappa shape index (κ3) is 7.31. The molecule has 2 amide bonds. The van der Waals surface area contributed by atoms with E-state index >= 15 is 0 Å². The van der Waals surface area contributed by atoms with Crippen LogP contribution >= 0.6 is 11.6 Å². The van der Waals surface area contributed by atoms with Crippen molar-refractivity contribution >= 4 is 34.3 Å². The Labute approximate surface area is 219 Å². The molecule has 1 N–H and O–H groups in total. The minimum absolute atomic E-state index is 0.0686. The lowest BCUT2D eigenvalue weighted by atomic mass is 9.92. The third-order valence-corrected chi connectivity index (χ3v) is 6.40. The van der Waals surface area contributed by atoms with Crippen molar-refractivity contribution in [3.8, 4) is 0 Å². The largest absolute Gasteiger partial charge is 0.416 e. The molecule has 0 aliphatic carbocycles. The number of carbonyl (C=O) groups excluding carboxylic acids is 2. The Bertz CT molecular complexity index is 1140. The predicted octanol–water partition coefficient (Wildman–Crippen LogP) is 5.27. The van der Waals surface area contributed by atoms with Gasteiger partial charge in [-0.3, -0.25) is 20.0 Å². The first kappa shape index (κ1) is 28.2. The van der Waals surface area contributed by atoms with Crippen LogP contribution in [0.3, 0.4) is 0 Å². The maximum atomic E-state index is 12.9. The van der Waals surface area contributed by atoms with Crippen molar-refractivity contribution < 1.29 is 22.8 Å². The van der Waals surface area contributed by atoms with E-state index in [1.807, 2.05) is 6.07 Å². The number of rotatable bonds is 11. The summed E-state index contributed by atoms with van der Waals surface area (Å²) in [5.41, 5.74) is 0.947. The molecular formula is C26H29ClF3N5O2. The molecule has 1 unspecified atom stereocenters. The van der Waals surface area contributed by atoms with E-state index in [1.165, 1.54) is 17.0 Å². The maximum Gasteiger partial charge on any atom is 0.416 e. The van der Waals surface area contributed by atoms with Crippen LogP contribution in [0.15, 0.2) is 60.7 Å². The fourth-order valence-corrected chi connectivity index (χ4v) is 4.29. The molecule has 0 spiro atoms. The van der Waals surface area contributed by atoms with Gasteiger partial charge in [0.05, 0.1) is 29.1 Å². The van der Waals surface area contributed by atoms with Gasteiger partial charge in [-0.25, -0.2) is 0 Å². The Morgan fingerprint density at radius 2 is 1.97 bits per heavy atom. The first-order valence-corrected chi connectivity index (χ1v) is 12.2. The van der Waals surface area contributed by atoms with E-state index in [2.05, 4.69) is 4.98 Å². The Morgan fingerprint density at radius 3 is 2.51 bits per heavy atom. The summed E-state index contributed by atoms with van der Waals surface area (Å²) in [6.45, 7) is 2.87. The van der Waals surface area contributed by atoms with Gasteiger partial charge in [0.25, 0.3) is 0 Å². The Kier molecular flexibility index (Phi) is 9.31. The molecule has 2 aromatic rings. The van der Waals surface area contributed by atoms with Gasteiger partial charge >= 0.3 is 6.18 Å². The van der Waals surface area contributed by atoms with Crippen LogP contribution in [0.4, 0.5) is 18.9 Å². The first-order chi connectivity index (χ1) is 17.5. The molecule has 3 rings (SSSR count). The van der Waals surface area contributed by atoms with Crippen molar-refractivity contribution in [2.45, 2.75) is 38.9 Å². The van der Waals surface area contributed by atoms with Gasteiger partial charge in [-0.15, -0.1) is 0 Å². The molecule has 37 heavy (non-hydrogen) atoms. The second kappa shape index (κ2) is 12.2. The Morgan fingerprint density at radius 1 is 1.27 bits per heavy atom. The number of carbonyl (C=O) groups is 2. The second-order valence-corrected chi connectivity index (χ2v) is 9.17. The van der Waals surface area contributed by atoms with Gasteiger partial charge in [-0.1, -0.05) is 23.7 Å². The highest BCUT2D eigenvalue weighted by molar-refractivity contribution is 6.68. The quantitative estimate of drug-likeness (QED) is 0.314. The highest BCUT2D eigenvalue weighted by Crippen LogP contribution is 2.30. The van der Waals surface area contributed by atoms with E-state index in [9.17, 15) is 22.8 Å². The number of halogens is 4. The van der Waals surface area contributed by atoms with E-state index in [1.54, 1.807) is 48.4 Å². The zero-order chi connectivity index (χ0) is 27.2. The van der Waals surface area contributed by atoms with Gasteiger partial charge < -0.3 is 14.7 Å². The number of aromatic nitrogens is 1. The molecule has 1 aromatic carbocycles. The van der Waals surface area contributed by atoms with Crippen LogP contribution in [0, 0.1) is 11.3 Å². The Balaban J connectivity index is 1.50. The van der Waals surface area contributed by atoms with Crippen molar-refractivity contribution in [2.24, 2.45) is 5.92 Å². The van der Waals surface area contributed by atoms with Crippen molar-refractivity contribution in [1.82, 2.24) is 14.8 Å². The average molecular weight is 536 g/mol. The number of nitrogens with zero attached hydrogens (tertiary/aromatic N) is 4. The molecule has 0 radical (unpaired) electrons. The van der Waals surface area contributed by atoms with Gasteiger partial charge in [-0.05, 0) is 49.6 Å². The lowest BCUT2D eigenvalue weighted by Gasteiger charge is -2.38. The van der Waals surface area contributed by atoms with Gasteiger partial charge in [0.15, 0.2) is 0 Å². The lowest BCUT2D eigenvalue weighted by Crippen LogP contribution is -2.51. The number of hydrogen-bond acceptors (Lipinski definition) is 5. The molecule has 1 atom stereocenters. The zero-order valence-electron chi connectivity index (χ0n) is 20.6. The van der Waals surface area contributed by atoms with Crippen LogP contribution in [0.1, 0.15) is 37.3 Å². The van der Waals surface area contributed by atoms with Crippen LogP contribution < -0.4 is 4.90 Å². The van der Waals surface area contributed by atoms with E-state index in [4.69, 9.17) is 17.0 Å². The fraction of sp³-hybridized carbons (Fsp3) is 0.385. The number of benzene rings is 1. The number of alkyl halides is 3. The second-order valence-electron chi connectivity index (χ2n) is 8.79. The third-order valence-electron chi connectivity index (χ3n) is 6.20. The number of likely N-dealkylation sites (tertiary alicyclic amines) is 1. The highest BCUT2D eigenvalue weighted by Gasteiger charge is 2.36. The van der Waals surface area contributed by atoms with Crippen LogP contribution in [0.2, 0.25) is 0 Å². The smallest absolute Gasteiger partial charge is 0.348 e. The molecule has 1 aromatic heterocycles. The van der Waals surface area contributed by atoms with Gasteiger partial charge in [0.1, 0.15) is 5.17 Å². The average Bonchev–Trinajstić information content (AvgIpc) is 2.87. The molecule has 0 bridgehead atoms. The van der Waals surface area contributed by atoms with Crippen LogP contribution in [0.5, 0.6) is 0 Å². The fourth-order valence-electron chi connectivity index (χ4n) is 4.14. The molecule has 1 aliphatic rings. The molecule has 2 heterocycles. The van der Waals surface area contributed by atoms with Crippen molar-refractivity contribution in [1.29, 1.82) is 5.41 Å². The summed E-state index contributed by atoms with van der Waals surface area (Å²) in [6, 6.07) is 8.41. The van der Waals surface area contributed by atoms with Crippen molar-refractivity contribution in [3.05, 3.63) is 71.8 Å². The lowest BCUT2D eigenvalue weighted by molar-refractivity contribution is -0.149. The number of pyridine rings is 1. The molecule has 1 fully saturated rings. The number of hydrogen-bond donors (Lipinski definition) is 1. The highest BCUT2D eigenvalue weighted by atomic mass is 35.5. The maximum absolute atomic E-state index is 12.9. The summed E-state index contributed by atoms with van der Waals surface area (Å²) < 4.78 is 38.1. The molecule has 0 saturated carbocycles. The molecule has 198 valence electrons. The number of allylic oxidation sites excluding steroid dienone is 1. The number of amides is 2. The standard InChI is InChI=1S/C26H29ClF3N5O2/c1-3-35(22(24(27)31)17-33(2)21-7-5-13-32-14-21)23(36)8-4-6-19-16-34(25(19)37)15-18-9-11-20(12-10-18)26(28,29)30/h5,7,9-14,17,19,31H,3-4,6,8,15-16H2,1-2H3. The summed E-state index contributed by atoms with van der Waals surface area (Å²) in [5, 5.41) is 7.69. The minimum atomic E-state index is -4.39. The zero-order valence-corrected chi connectivity index (χ0v) is 21.4. The first-order valence-electron chi connectivity index (χ1n) is 11.9. The van der Waals surface area contributed by atoms with E-state index in [0.717, 1.165) is 17.8 Å². The molecule has 7 nitrogen and oxygen atoms in total. The normalized spacial score (nSPS) is 15.8. The summed E-state index contributed by atoms with van der Waals surface area (Å²) in [7, 11) is 1.77. The van der Waals surface area contributed by atoms with Crippen LogP contribution in [-0.4, -0.2) is 51.9 Å². The monoisotopic (exact) mass is 535 g/mol. The van der Waals surface area contributed by atoms with Crippen molar-refractivity contribution in [3.63, 3.8) is 0 Å². The van der Waals surface area contributed by atoms with Crippen molar-refractivity contribution in [2.75, 3.05) is 25.0 Å². The molecule has 1 saturated heterocycles. The van der Waals surface area contributed by atoms with Crippen LogP contribution in [0.25, 0.3) is 0 Å². The number of anilines is 1. The summed E-state index contributed by atoms with van der Waals surface area (Å²) in [4.78, 5) is 34.3. The SMILES string of the molecule is CCN(C(=O)CCCC1CN(Cc2ccc(C(F)(F)F)cc2)C1=O)C(=CN(C)c1cccnc1)C(=N)Cl. The van der Waals surface area contributed by atoms with E-state index in [0.29, 0.717) is 31.5 Å². The topological polar surface area (TPSA) is 80.6 Å². The summed E-state index contributed by atoms with van der Waals surface area (Å²) in [5.74, 6) is -0.483. The molecule has 1 aliphatic heterocycles. The van der Waals surface area contributed by atoms with E-state index < -0.39 is 11.7 Å². The van der Waals surface area contributed by atoms with Crippen LogP contribution in [-0.2, 0) is 22.3 Å².